The third-order valence-electron chi connectivity index (χ3n) is 10.5. The Balaban J connectivity index is 1.33. The molecule has 1 spiro atoms. The van der Waals surface area contributed by atoms with Crippen molar-refractivity contribution < 1.29 is 47.6 Å². The van der Waals surface area contributed by atoms with Crippen LogP contribution in [0.1, 0.15) is 101 Å². The largest absolute Gasteiger partial charge is 0.463 e. The molecule has 3 fully saturated rings. The van der Waals surface area contributed by atoms with E-state index in [9.17, 15) is 19.2 Å². The molecule has 5 atom stereocenters. The molecule has 14 nitrogen and oxygen atoms in total. The van der Waals surface area contributed by atoms with Crippen LogP contribution in [0.25, 0.3) is 6.08 Å². The van der Waals surface area contributed by atoms with Gasteiger partial charge in [0, 0.05) is 58.5 Å². The van der Waals surface area contributed by atoms with E-state index in [4.69, 9.17) is 28.4 Å². The highest BCUT2D eigenvalue weighted by Gasteiger charge is 2.53. The van der Waals surface area contributed by atoms with Crippen molar-refractivity contribution in [2.45, 2.75) is 117 Å². The Morgan fingerprint density at radius 3 is 2.30 bits per heavy atom. The molecule has 2 aromatic rings. The zero-order valence-electron chi connectivity index (χ0n) is 32.6. The lowest BCUT2D eigenvalue weighted by Crippen LogP contribution is -2.63. The second-order valence-corrected chi connectivity index (χ2v) is 15.1. The lowest BCUT2D eigenvalue weighted by atomic mass is 9.78. The van der Waals surface area contributed by atoms with Crippen molar-refractivity contribution >= 4 is 30.0 Å². The van der Waals surface area contributed by atoms with Crippen LogP contribution in [0.5, 0.6) is 5.88 Å². The van der Waals surface area contributed by atoms with Gasteiger partial charge in [0.25, 0.3) is 0 Å². The standard InChI is InChI=1S/C40H56N4O10/c1-24(2)34-32(21-31-12-11-30(20-25(31)3)10-8-9-18-44-19-15-40(23-44)13-16-41-17-14-40)38(43-42-34)54-39-37(52-29(7)48)36(51-28(6)47)35(50-27(5)46)33(53-39)22-49-26(4)45/h8,10-12,20,24,33,35-37,39,41H,9,13-19,21-23H2,1-7H3,(H,42,43)/b10-8+/t33-,35-,36+,37-,39+/m1/s1. The number of rotatable bonds is 14. The maximum Gasteiger partial charge on any atom is 0.303 e. The van der Waals surface area contributed by atoms with Crippen molar-refractivity contribution in [3.05, 3.63) is 52.2 Å². The molecule has 296 valence electrons. The first-order valence-corrected chi connectivity index (χ1v) is 19.0. The van der Waals surface area contributed by atoms with Gasteiger partial charge in [-0.3, -0.25) is 24.3 Å². The molecule has 3 aliphatic heterocycles. The summed E-state index contributed by atoms with van der Waals surface area (Å²) in [5, 5.41) is 11.1. The maximum absolute atomic E-state index is 12.4. The number of hydrogen-bond donors (Lipinski definition) is 2. The minimum Gasteiger partial charge on any atom is -0.463 e. The van der Waals surface area contributed by atoms with Gasteiger partial charge in [-0.05, 0) is 80.3 Å². The van der Waals surface area contributed by atoms with Crippen LogP contribution in [0.15, 0.2) is 24.3 Å². The van der Waals surface area contributed by atoms with Gasteiger partial charge in [0.15, 0.2) is 12.2 Å². The minimum absolute atomic E-state index is 0.0445. The van der Waals surface area contributed by atoms with Gasteiger partial charge < -0.3 is 38.6 Å². The first kappa shape index (κ1) is 40.9. The Labute approximate surface area is 317 Å². The predicted molar refractivity (Wildman–Crippen MR) is 198 cm³/mol. The Morgan fingerprint density at radius 1 is 0.963 bits per heavy atom. The van der Waals surface area contributed by atoms with Crippen LogP contribution in [-0.2, 0) is 49.3 Å². The van der Waals surface area contributed by atoms with Gasteiger partial charge >= 0.3 is 23.9 Å². The van der Waals surface area contributed by atoms with Crippen LogP contribution >= 0.6 is 0 Å². The summed E-state index contributed by atoms with van der Waals surface area (Å²) in [6, 6.07) is 6.38. The molecule has 1 aromatic heterocycles. The topological polar surface area (TPSA) is 168 Å². The van der Waals surface area contributed by atoms with Crippen LogP contribution in [0.2, 0.25) is 0 Å². The molecular weight excluding hydrogens is 696 g/mol. The number of likely N-dealkylation sites (tertiary alicyclic amines) is 1. The van der Waals surface area contributed by atoms with E-state index in [1.54, 1.807) is 0 Å². The average Bonchev–Trinajstić information content (AvgIpc) is 3.69. The summed E-state index contributed by atoms with van der Waals surface area (Å²) < 4.78 is 34.4. The number of hydrogen-bond acceptors (Lipinski definition) is 13. The fourth-order valence-corrected chi connectivity index (χ4v) is 7.77. The van der Waals surface area contributed by atoms with Gasteiger partial charge in [-0.15, -0.1) is 5.10 Å². The van der Waals surface area contributed by atoms with Crippen LogP contribution in [0, 0.1) is 12.3 Å². The van der Waals surface area contributed by atoms with E-state index in [1.807, 2.05) is 13.8 Å². The first-order chi connectivity index (χ1) is 25.7. The molecule has 0 unspecified atom stereocenters. The number of aromatic amines is 1. The quantitative estimate of drug-likeness (QED) is 0.207. The molecule has 54 heavy (non-hydrogen) atoms. The van der Waals surface area contributed by atoms with Gasteiger partial charge in [0.05, 0.1) is 0 Å². The molecule has 5 rings (SSSR count). The Morgan fingerprint density at radius 2 is 1.65 bits per heavy atom. The van der Waals surface area contributed by atoms with Gasteiger partial charge in [0.1, 0.15) is 12.7 Å². The molecule has 3 saturated heterocycles. The van der Waals surface area contributed by atoms with E-state index in [1.165, 1.54) is 60.0 Å². The highest BCUT2D eigenvalue weighted by atomic mass is 16.7. The Kier molecular flexibility index (Phi) is 13.9. The van der Waals surface area contributed by atoms with E-state index in [-0.39, 0.29) is 18.4 Å². The van der Waals surface area contributed by atoms with Crippen LogP contribution in [0.3, 0.4) is 0 Å². The highest BCUT2D eigenvalue weighted by molar-refractivity contribution is 5.68. The molecule has 3 aliphatic rings. The van der Waals surface area contributed by atoms with E-state index < -0.39 is 54.6 Å². The van der Waals surface area contributed by atoms with E-state index >= 15 is 0 Å². The molecule has 4 heterocycles. The van der Waals surface area contributed by atoms with Gasteiger partial charge in [-0.2, -0.15) is 0 Å². The summed E-state index contributed by atoms with van der Waals surface area (Å²) in [5.41, 5.74) is 5.40. The Bertz CT molecular complexity index is 1670. The smallest absolute Gasteiger partial charge is 0.303 e. The number of esters is 4. The van der Waals surface area contributed by atoms with E-state index in [2.05, 4.69) is 57.7 Å². The monoisotopic (exact) mass is 752 g/mol. The summed E-state index contributed by atoms with van der Waals surface area (Å²) in [6.07, 6.45) is 3.23. The van der Waals surface area contributed by atoms with Crippen molar-refractivity contribution in [2.24, 2.45) is 5.41 Å². The van der Waals surface area contributed by atoms with E-state index in [0.29, 0.717) is 11.8 Å². The molecule has 0 bridgehead atoms. The second kappa shape index (κ2) is 18.4. The molecule has 0 saturated carbocycles. The minimum atomic E-state index is -1.40. The fourth-order valence-electron chi connectivity index (χ4n) is 7.77. The number of piperidine rings is 1. The second-order valence-electron chi connectivity index (χ2n) is 15.1. The van der Waals surface area contributed by atoms with Crippen molar-refractivity contribution in [1.82, 2.24) is 20.4 Å². The molecule has 14 heteroatoms. The highest BCUT2D eigenvalue weighted by Crippen LogP contribution is 2.39. The predicted octanol–water partition coefficient (Wildman–Crippen LogP) is 4.37. The number of nitrogens with one attached hydrogen (secondary N) is 2. The summed E-state index contributed by atoms with van der Waals surface area (Å²) >= 11 is 0. The average molecular weight is 753 g/mol. The number of nitrogens with zero attached hydrogens (tertiary/aromatic N) is 2. The summed E-state index contributed by atoms with van der Waals surface area (Å²) in [7, 11) is 0. The van der Waals surface area contributed by atoms with Crippen molar-refractivity contribution in [3.8, 4) is 5.88 Å². The fraction of sp³-hybridized carbons (Fsp3) is 0.625. The molecular formula is C40H56N4O10. The van der Waals surface area contributed by atoms with Crippen LogP contribution in [-0.4, -0.2) is 109 Å². The van der Waals surface area contributed by atoms with Gasteiger partial charge in [-0.1, -0.05) is 44.2 Å². The maximum atomic E-state index is 12.4. The van der Waals surface area contributed by atoms with Crippen molar-refractivity contribution in [2.75, 3.05) is 39.3 Å². The normalized spacial score (nSPS) is 24.1. The first-order valence-electron chi connectivity index (χ1n) is 19.0. The number of benzene rings is 1. The number of carbonyl (C=O) groups excluding carboxylic acids is 4. The van der Waals surface area contributed by atoms with Crippen LogP contribution < -0.4 is 10.1 Å². The Hall–Kier alpha value is -4.27. The summed E-state index contributed by atoms with van der Waals surface area (Å²) in [6.45, 7) is 16.3. The van der Waals surface area contributed by atoms with Crippen LogP contribution in [0.4, 0.5) is 0 Å². The van der Waals surface area contributed by atoms with Crippen molar-refractivity contribution in [1.29, 1.82) is 0 Å². The number of H-pyrrole nitrogens is 1. The number of aromatic nitrogens is 2. The lowest BCUT2D eigenvalue weighted by Gasteiger charge is -2.43. The molecule has 2 N–H and O–H groups in total. The van der Waals surface area contributed by atoms with E-state index in [0.717, 1.165) is 54.0 Å². The number of aryl methyl sites for hydroxylation is 1. The zero-order valence-corrected chi connectivity index (χ0v) is 32.6. The lowest BCUT2D eigenvalue weighted by molar-refractivity contribution is -0.289. The molecule has 0 amide bonds. The summed E-state index contributed by atoms with van der Waals surface area (Å²) in [4.78, 5) is 51.2. The third-order valence-corrected chi connectivity index (χ3v) is 10.5. The molecule has 0 aliphatic carbocycles. The number of carbonyl (C=O) groups is 4. The summed E-state index contributed by atoms with van der Waals surface area (Å²) in [5.74, 6) is -2.53. The van der Waals surface area contributed by atoms with Crippen molar-refractivity contribution in [3.63, 3.8) is 0 Å². The zero-order chi connectivity index (χ0) is 39.0. The molecule has 0 radical (unpaired) electrons. The van der Waals surface area contributed by atoms with Gasteiger partial charge in [-0.25, -0.2) is 0 Å². The SMILES string of the molecule is CC(=O)OC[C@H]1O[C@@H](Oc2n[nH]c(C(C)C)c2Cc2ccc(/C=C/CCN3CCC4(CCNCC4)C3)cc2C)[C@H](OC(C)=O)[C@@H](OC(C)=O)[C@@H]1OC(C)=O. The van der Waals surface area contributed by atoms with Gasteiger partial charge in [0.2, 0.25) is 18.3 Å². The number of ether oxygens (including phenoxy) is 6. The third kappa shape index (κ3) is 10.7. The molecule has 1 aromatic carbocycles.